The second-order valence-electron chi connectivity index (χ2n) is 6.69. The van der Waals surface area contributed by atoms with Crippen LogP contribution in [0.1, 0.15) is 28.9 Å². The molecule has 3 aromatic heterocycles. The molecule has 4 heterocycles. The minimum Gasteiger partial charge on any atom is -0.347 e. The maximum Gasteiger partial charge on any atom is 0.270 e. The molecule has 30 heavy (non-hydrogen) atoms. The maximum atomic E-state index is 13.2. The first kappa shape index (κ1) is 19.4. The number of pyridine rings is 3. The van der Waals surface area contributed by atoms with E-state index in [1.807, 2.05) is 12.1 Å². The number of carbonyl (C=O) groups is 2. The molecule has 0 unspecified atom stereocenters. The highest BCUT2D eigenvalue weighted by molar-refractivity contribution is 5.97. The zero-order valence-electron chi connectivity index (χ0n) is 16.0. The highest BCUT2D eigenvalue weighted by Gasteiger charge is 2.16. The quantitative estimate of drug-likeness (QED) is 0.661. The van der Waals surface area contributed by atoms with Crippen LogP contribution in [0.2, 0.25) is 0 Å². The molecule has 0 aromatic carbocycles. The van der Waals surface area contributed by atoms with E-state index in [0.29, 0.717) is 23.4 Å². The smallest absolute Gasteiger partial charge is 0.270 e. The van der Waals surface area contributed by atoms with Gasteiger partial charge in [-0.2, -0.15) is 4.39 Å². The van der Waals surface area contributed by atoms with Crippen molar-refractivity contribution in [3.8, 4) is 11.3 Å². The van der Waals surface area contributed by atoms with Crippen molar-refractivity contribution >= 4 is 17.5 Å². The van der Waals surface area contributed by atoms with Crippen molar-refractivity contribution in [1.82, 2.24) is 20.3 Å². The minimum absolute atomic E-state index is 0.00181. The third kappa shape index (κ3) is 4.38. The zero-order chi connectivity index (χ0) is 20.9. The molecule has 0 bridgehead atoms. The Kier molecular flexibility index (Phi) is 5.56. The second-order valence-corrected chi connectivity index (χ2v) is 6.69. The molecule has 1 N–H and O–H groups in total. The number of nitrogens with zero attached hydrogens (tertiary/aromatic N) is 4. The Morgan fingerprint density at radius 1 is 1.10 bits per heavy atom. The molecule has 8 heteroatoms. The van der Waals surface area contributed by atoms with Gasteiger partial charge < -0.3 is 5.32 Å². The summed E-state index contributed by atoms with van der Waals surface area (Å²) in [5.41, 5.74) is 2.92. The zero-order valence-corrected chi connectivity index (χ0v) is 16.0. The predicted octanol–water partition coefficient (Wildman–Crippen LogP) is 3.25. The monoisotopic (exact) mass is 403 g/mol. The first-order chi connectivity index (χ1) is 14.6. The number of carbonyl (C=O) groups excluding carboxylic acids is 2. The summed E-state index contributed by atoms with van der Waals surface area (Å²) in [6.07, 6.45) is 9.36. The van der Waals surface area contributed by atoms with E-state index in [9.17, 15) is 14.0 Å². The van der Waals surface area contributed by atoms with Crippen molar-refractivity contribution in [3.05, 3.63) is 84.5 Å². The van der Waals surface area contributed by atoms with Crippen LogP contribution in [0, 0.1) is 5.95 Å². The Labute approximate surface area is 172 Å². The molecule has 3 aromatic rings. The number of anilines is 1. The number of halogens is 1. The Morgan fingerprint density at radius 3 is 2.70 bits per heavy atom. The van der Waals surface area contributed by atoms with Crippen molar-refractivity contribution in [3.63, 3.8) is 0 Å². The molecule has 150 valence electrons. The Morgan fingerprint density at radius 2 is 2.00 bits per heavy atom. The minimum atomic E-state index is -0.565. The van der Waals surface area contributed by atoms with Gasteiger partial charge in [-0.3, -0.25) is 19.5 Å². The fourth-order valence-corrected chi connectivity index (χ4v) is 3.02. The molecule has 0 atom stereocenters. The van der Waals surface area contributed by atoms with Crippen molar-refractivity contribution < 1.29 is 14.0 Å². The first-order valence-electron chi connectivity index (χ1n) is 9.40. The summed E-state index contributed by atoms with van der Waals surface area (Å²) in [6.45, 7) is 0.271. The number of nitrogens with one attached hydrogen (secondary N) is 1. The summed E-state index contributed by atoms with van der Waals surface area (Å²) in [5.74, 6) is -0.894. The van der Waals surface area contributed by atoms with Gasteiger partial charge in [-0.05, 0) is 36.2 Å². The van der Waals surface area contributed by atoms with Crippen LogP contribution in [0.15, 0.2) is 67.3 Å². The molecule has 7 nitrogen and oxygen atoms in total. The summed E-state index contributed by atoms with van der Waals surface area (Å²) >= 11 is 0. The van der Waals surface area contributed by atoms with Gasteiger partial charge in [0.05, 0.1) is 17.6 Å². The van der Waals surface area contributed by atoms with Crippen molar-refractivity contribution in [2.75, 3.05) is 4.90 Å². The van der Waals surface area contributed by atoms with Gasteiger partial charge in [0.15, 0.2) is 0 Å². The lowest BCUT2D eigenvalue weighted by molar-refractivity contribution is -0.118. The number of hydrogen-bond acceptors (Lipinski definition) is 5. The average Bonchev–Trinajstić information content (AvgIpc) is 2.78. The summed E-state index contributed by atoms with van der Waals surface area (Å²) in [5, 5.41) is 2.79. The van der Waals surface area contributed by atoms with Crippen LogP contribution < -0.4 is 10.2 Å². The van der Waals surface area contributed by atoms with Crippen LogP contribution in [0.3, 0.4) is 0 Å². The molecular weight excluding hydrogens is 385 g/mol. The van der Waals surface area contributed by atoms with Gasteiger partial charge in [0.2, 0.25) is 11.9 Å². The van der Waals surface area contributed by atoms with E-state index in [1.54, 1.807) is 36.7 Å². The Balaban J connectivity index is 1.37. The van der Waals surface area contributed by atoms with Crippen LogP contribution in [0.5, 0.6) is 0 Å². The van der Waals surface area contributed by atoms with E-state index in [1.165, 1.54) is 23.4 Å². The Hall–Kier alpha value is -3.94. The summed E-state index contributed by atoms with van der Waals surface area (Å²) in [6, 6.07) is 9.83. The van der Waals surface area contributed by atoms with E-state index >= 15 is 0 Å². The van der Waals surface area contributed by atoms with Gasteiger partial charge in [0.1, 0.15) is 5.69 Å². The number of hydrogen-bond donors (Lipinski definition) is 1. The van der Waals surface area contributed by atoms with E-state index < -0.39 is 5.95 Å². The van der Waals surface area contributed by atoms with Crippen molar-refractivity contribution in [2.45, 2.75) is 19.4 Å². The fraction of sp³-hybridized carbons (Fsp3) is 0.136. The molecule has 0 fully saturated rings. The van der Waals surface area contributed by atoms with Crippen LogP contribution >= 0.6 is 0 Å². The number of aromatic nitrogens is 3. The SMILES string of the molecule is O=C(NCc1ccc(-c2ccnc(F)c2)nc1)c1ccc(N2C=CCCC2=O)cn1. The molecule has 0 radical (unpaired) electrons. The normalized spacial score (nSPS) is 13.4. The molecule has 0 spiro atoms. The Bertz CT molecular complexity index is 1100. The standard InChI is InChI=1S/C22H18FN5O2/c23-20-11-16(8-9-24-20)18-6-4-15(12-25-18)13-27-22(30)19-7-5-17(14-26-19)28-10-2-1-3-21(28)29/h2,4-12,14H,1,3,13H2,(H,27,30). The molecule has 0 saturated heterocycles. The van der Waals surface area contributed by atoms with Crippen LogP contribution in [0.25, 0.3) is 11.3 Å². The summed E-state index contributed by atoms with van der Waals surface area (Å²) < 4.78 is 13.2. The summed E-state index contributed by atoms with van der Waals surface area (Å²) in [4.78, 5) is 37.8. The van der Waals surface area contributed by atoms with Gasteiger partial charge in [-0.15, -0.1) is 0 Å². The number of rotatable bonds is 5. The van der Waals surface area contributed by atoms with Gasteiger partial charge in [-0.25, -0.2) is 9.97 Å². The molecule has 2 amide bonds. The lowest BCUT2D eigenvalue weighted by Gasteiger charge is -2.21. The van der Waals surface area contributed by atoms with E-state index in [-0.39, 0.29) is 24.1 Å². The average molecular weight is 403 g/mol. The van der Waals surface area contributed by atoms with Gasteiger partial charge in [0.25, 0.3) is 5.91 Å². The van der Waals surface area contributed by atoms with Crippen LogP contribution in [-0.2, 0) is 11.3 Å². The van der Waals surface area contributed by atoms with Crippen LogP contribution in [0.4, 0.5) is 10.1 Å². The lowest BCUT2D eigenvalue weighted by atomic mass is 10.1. The first-order valence-corrected chi connectivity index (χ1v) is 9.40. The van der Waals surface area contributed by atoms with E-state index in [2.05, 4.69) is 20.3 Å². The molecule has 1 aliphatic heterocycles. The third-order valence-corrected chi connectivity index (χ3v) is 4.61. The van der Waals surface area contributed by atoms with Gasteiger partial charge in [0, 0.05) is 43.2 Å². The predicted molar refractivity (Wildman–Crippen MR) is 109 cm³/mol. The van der Waals surface area contributed by atoms with Crippen molar-refractivity contribution in [2.24, 2.45) is 0 Å². The maximum absolute atomic E-state index is 13.2. The van der Waals surface area contributed by atoms with E-state index in [0.717, 1.165) is 12.0 Å². The number of amides is 2. The van der Waals surface area contributed by atoms with Crippen LogP contribution in [-0.4, -0.2) is 26.8 Å². The van der Waals surface area contributed by atoms with Gasteiger partial charge in [-0.1, -0.05) is 12.1 Å². The molecular formula is C22H18FN5O2. The lowest BCUT2D eigenvalue weighted by Crippen LogP contribution is -2.28. The van der Waals surface area contributed by atoms with E-state index in [4.69, 9.17) is 0 Å². The van der Waals surface area contributed by atoms with Gasteiger partial charge >= 0.3 is 0 Å². The molecule has 1 aliphatic rings. The molecule has 0 aliphatic carbocycles. The summed E-state index contributed by atoms with van der Waals surface area (Å²) in [7, 11) is 0. The second kappa shape index (κ2) is 8.60. The fourth-order valence-electron chi connectivity index (χ4n) is 3.02. The molecule has 4 rings (SSSR count). The number of allylic oxidation sites excluding steroid dienone is 1. The topological polar surface area (TPSA) is 88.1 Å². The molecule has 0 saturated carbocycles. The highest BCUT2D eigenvalue weighted by atomic mass is 19.1. The largest absolute Gasteiger partial charge is 0.347 e. The highest BCUT2D eigenvalue weighted by Crippen LogP contribution is 2.19. The van der Waals surface area contributed by atoms with Crippen molar-refractivity contribution in [1.29, 1.82) is 0 Å². The third-order valence-electron chi connectivity index (χ3n) is 4.61.